The largest absolute Gasteiger partial charge is 0.336 e. The van der Waals surface area contributed by atoms with Crippen LogP contribution in [0.1, 0.15) is 11.1 Å². The average Bonchev–Trinajstić information content (AvgIpc) is 3.37. The molecule has 0 aromatic heterocycles. The standard InChI is InChI=1S/C24H27N3O3/c28-23-24(29-17-18-30-24)21-10-4-5-11-22(21)27(23)19-26-15-13-25(14-16-26)12-6-9-20-7-2-1-3-8-20/h1-11H,12-19H2/b9-6+. The molecule has 156 valence electrons. The highest BCUT2D eigenvalue weighted by Gasteiger charge is 2.56. The fourth-order valence-electron chi connectivity index (χ4n) is 4.44. The van der Waals surface area contributed by atoms with Crippen molar-refractivity contribution in [2.24, 2.45) is 0 Å². The molecule has 0 atom stereocenters. The fourth-order valence-corrected chi connectivity index (χ4v) is 4.44. The topological polar surface area (TPSA) is 45.3 Å². The van der Waals surface area contributed by atoms with Crippen molar-refractivity contribution in [2.75, 3.05) is 57.5 Å². The van der Waals surface area contributed by atoms with E-state index in [1.54, 1.807) is 0 Å². The summed E-state index contributed by atoms with van der Waals surface area (Å²) >= 11 is 0. The van der Waals surface area contributed by atoms with Crippen molar-refractivity contribution < 1.29 is 14.3 Å². The van der Waals surface area contributed by atoms with Crippen LogP contribution in [0.25, 0.3) is 6.08 Å². The quantitative estimate of drug-likeness (QED) is 0.765. The molecule has 2 aromatic rings. The van der Waals surface area contributed by atoms with Crippen LogP contribution in [0.2, 0.25) is 0 Å². The zero-order chi connectivity index (χ0) is 20.4. The predicted octanol–water partition coefficient (Wildman–Crippen LogP) is 2.52. The zero-order valence-corrected chi connectivity index (χ0v) is 17.1. The lowest BCUT2D eigenvalue weighted by Crippen LogP contribution is -2.52. The Kier molecular flexibility index (Phi) is 5.39. The Labute approximate surface area is 177 Å². The van der Waals surface area contributed by atoms with Gasteiger partial charge in [-0.05, 0) is 11.6 Å². The minimum absolute atomic E-state index is 0.102. The van der Waals surface area contributed by atoms with E-state index >= 15 is 0 Å². The number of rotatable bonds is 5. The van der Waals surface area contributed by atoms with Crippen LogP contribution in [0.3, 0.4) is 0 Å². The van der Waals surface area contributed by atoms with E-state index < -0.39 is 5.79 Å². The molecule has 1 spiro atoms. The second-order valence-electron chi connectivity index (χ2n) is 7.94. The van der Waals surface area contributed by atoms with E-state index in [-0.39, 0.29) is 5.91 Å². The first-order chi connectivity index (χ1) is 14.8. The number of amides is 1. The summed E-state index contributed by atoms with van der Waals surface area (Å²) in [4.78, 5) is 19.8. The molecule has 0 saturated carbocycles. The molecule has 0 aliphatic carbocycles. The number of benzene rings is 2. The lowest BCUT2D eigenvalue weighted by atomic mass is 10.1. The van der Waals surface area contributed by atoms with Gasteiger partial charge >= 0.3 is 0 Å². The molecule has 1 amide bonds. The number of carbonyl (C=O) groups is 1. The maximum absolute atomic E-state index is 13.2. The number of hydrogen-bond acceptors (Lipinski definition) is 5. The van der Waals surface area contributed by atoms with Crippen LogP contribution < -0.4 is 4.90 Å². The molecule has 3 heterocycles. The first-order valence-electron chi connectivity index (χ1n) is 10.6. The van der Waals surface area contributed by atoms with Crippen molar-refractivity contribution >= 4 is 17.7 Å². The van der Waals surface area contributed by atoms with Crippen molar-refractivity contribution in [1.82, 2.24) is 9.80 Å². The molecule has 0 radical (unpaired) electrons. The second kappa shape index (κ2) is 8.32. The maximum Gasteiger partial charge on any atom is 0.293 e. The van der Waals surface area contributed by atoms with E-state index in [2.05, 4.69) is 46.2 Å². The molecule has 5 rings (SSSR count). The molecule has 6 heteroatoms. The van der Waals surface area contributed by atoms with Gasteiger partial charge < -0.3 is 9.47 Å². The average molecular weight is 405 g/mol. The van der Waals surface area contributed by atoms with E-state index in [9.17, 15) is 4.79 Å². The van der Waals surface area contributed by atoms with Gasteiger partial charge in [-0.3, -0.25) is 19.5 Å². The molecule has 2 saturated heterocycles. The number of carbonyl (C=O) groups excluding carboxylic acids is 1. The fraction of sp³-hybridized carbons (Fsp3) is 0.375. The smallest absolute Gasteiger partial charge is 0.293 e. The Morgan fingerprint density at radius 2 is 1.53 bits per heavy atom. The highest BCUT2D eigenvalue weighted by molar-refractivity contribution is 6.06. The molecule has 0 N–H and O–H groups in total. The summed E-state index contributed by atoms with van der Waals surface area (Å²) in [7, 11) is 0. The highest BCUT2D eigenvalue weighted by atomic mass is 16.7. The lowest BCUT2D eigenvalue weighted by molar-refractivity contribution is -0.181. The second-order valence-corrected chi connectivity index (χ2v) is 7.94. The van der Waals surface area contributed by atoms with Gasteiger partial charge in [-0.25, -0.2) is 0 Å². The molecular formula is C24H27N3O3. The predicted molar refractivity (Wildman–Crippen MR) is 116 cm³/mol. The van der Waals surface area contributed by atoms with Crippen LogP contribution in [-0.4, -0.2) is 68.3 Å². The van der Waals surface area contributed by atoms with Crippen LogP contribution in [0.5, 0.6) is 0 Å². The number of nitrogens with zero attached hydrogens (tertiary/aromatic N) is 3. The molecular weight excluding hydrogens is 378 g/mol. The summed E-state index contributed by atoms with van der Waals surface area (Å²) < 4.78 is 11.6. The lowest BCUT2D eigenvalue weighted by Gasteiger charge is -2.36. The van der Waals surface area contributed by atoms with Crippen molar-refractivity contribution in [2.45, 2.75) is 5.79 Å². The van der Waals surface area contributed by atoms with Crippen LogP contribution >= 0.6 is 0 Å². The Balaban J connectivity index is 1.19. The normalized spacial score (nSPS) is 21.7. The van der Waals surface area contributed by atoms with Gasteiger partial charge in [0.05, 0.1) is 25.6 Å². The zero-order valence-electron chi connectivity index (χ0n) is 17.1. The van der Waals surface area contributed by atoms with E-state index in [4.69, 9.17) is 9.47 Å². The van der Waals surface area contributed by atoms with E-state index in [0.29, 0.717) is 19.9 Å². The van der Waals surface area contributed by atoms with Crippen LogP contribution in [0.15, 0.2) is 60.7 Å². The molecule has 2 fully saturated rings. The van der Waals surface area contributed by atoms with Gasteiger partial charge in [0.2, 0.25) is 0 Å². The van der Waals surface area contributed by atoms with Gasteiger partial charge in [-0.1, -0.05) is 60.7 Å². The minimum Gasteiger partial charge on any atom is -0.336 e. The monoisotopic (exact) mass is 405 g/mol. The summed E-state index contributed by atoms with van der Waals surface area (Å²) in [5, 5.41) is 0. The Morgan fingerprint density at radius 3 is 2.30 bits per heavy atom. The van der Waals surface area contributed by atoms with Crippen LogP contribution in [-0.2, 0) is 20.1 Å². The minimum atomic E-state index is -1.24. The Bertz CT molecular complexity index is 916. The van der Waals surface area contributed by atoms with Gasteiger partial charge in [-0.2, -0.15) is 0 Å². The molecule has 2 aromatic carbocycles. The number of hydrogen-bond donors (Lipinski definition) is 0. The number of anilines is 1. The van der Waals surface area contributed by atoms with Gasteiger partial charge in [-0.15, -0.1) is 0 Å². The summed E-state index contributed by atoms with van der Waals surface area (Å²) in [6.07, 6.45) is 4.40. The molecule has 0 bridgehead atoms. The molecule has 3 aliphatic rings. The van der Waals surface area contributed by atoms with Gasteiger partial charge in [0.1, 0.15) is 0 Å². The molecule has 3 aliphatic heterocycles. The van der Waals surface area contributed by atoms with E-state index in [0.717, 1.165) is 44.0 Å². The Morgan fingerprint density at radius 1 is 0.867 bits per heavy atom. The van der Waals surface area contributed by atoms with Gasteiger partial charge in [0.15, 0.2) is 0 Å². The van der Waals surface area contributed by atoms with Crippen molar-refractivity contribution in [1.29, 1.82) is 0 Å². The number of ether oxygens (including phenoxy) is 2. The SMILES string of the molecule is O=C1N(CN2CCN(C/C=C/c3ccccc3)CC2)c2ccccc2C12OCCO2. The Hall–Kier alpha value is -2.51. The van der Waals surface area contributed by atoms with Crippen molar-refractivity contribution in [3.05, 3.63) is 71.8 Å². The van der Waals surface area contributed by atoms with E-state index in [1.807, 2.05) is 35.2 Å². The molecule has 0 unspecified atom stereocenters. The summed E-state index contributed by atoms with van der Waals surface area (Å²) in [5.41, 5.74) is 2.96. The van der Waals surface area contributed by atoms with Crippen molar-refractivity contribution in [3.63, 3.8) is 0 Å². The number of piperazine rings is 1. The molecule has 6 nitrogen and oxygen atoms in total. The molecule has 30 heavy (non-hydrogen) atoms. The van der Waals surface area contributed by atoms with Crippen LogP contribution in [0.4, 0.5) is 5.69 Å². The van der Waals surface area contributed by atoms with Crippen LogP contribution in [0, 0.1) is 0 Å². The summed E-state index contributed by atoms with van der Waals surface area (Å²) in [6.45, 7) is 6.24. The highest BCUT2D eigenvalue weighted by Crippen LogP contribution is 2.45. The third-order valence-electron chi connectivity index (χ3n) is 6.05. The third-order valence-corrected chi connectivity index (χ3v) is 6.05. The van der Waals surface area contributed by atoms with Gasteiger partial charge in [0, 0.05) is 38.3 Å². The number of fused-ring (bicyclic) bond motifs is 2. The first kappa shape index (κ1) is 19.5. The van der Waals surface area contributed by atoms with Gasteiger partial charge in [0.25, 0.3) is 11.7 Å². The maximum atomic E-state index is 13.2. The first-order valence-corrected chi connectivity index (χ1v) is 10.6. The number of para-hydroxylation sites is 1. The third kappa shape index (κ3) is 3.56. The summed E-state index contributed by atoms with van der Waals surface area (Å²) in [5.74, 6) is -1.34. The summed E-state index contributed by atoms with van der Waals surface area (Å²) in [6, 6.07) is 18.2. The van der Waals surface area contributed by atoms with E-state index in [1.165, 1.54) is 5.56 Å². The van der Waals surface area contributed by atoms with Crippen molar-refractivity contribution in [3.8, 4) is 0 Å².